The summed E-state index contributed by atoms with van der Waals surface area (Å²) in [6.07, 6.45) is 0.463. The average Bonchev–Trinajstić information content (AvgIpc) is 2.76. The predicted molar refractivity (Wildman–Crippen MR) is 136 cm³/mol. The Labute approximate surface area is 215 Å². The van der Waals surface area contributed by atoms with Crippen LogP contribution in [0.1, 0.15) is 26.3 Å². The number of carbonyl (C=O) groups is 1. The van der Waals surface area contributed by atoms with Crippen molar-refractivity contribution < 1.29 is 22.7 Å². The Morgan fingerprint density at radius 1 is 1.22 bits per heavy atom. The number of aromatic nitrogens is 2. The van der Waals surface area contributed by atoms with E-state index in [-0.39, 0.29) is 24.6 Å². The number of rotatable bonds is 4. The van der Waals surface area contributed by atoms with Crippen LogP contribution in [0.15, 0.2) is 24.5 Å². The standard InChI is InChI=1S/C24H28ClN5O5S/c1-14-21(29-19-7-6-17(26-5)8-18(19)25)27-13-28-22(14)34-20-15-9-30(23(31)35-24(2,3)4)10-16(20)12-36(32,33)11-15/h6-8,13,15-16,20H,9-12H2,1-4H3,(H,27,28,29). The minimum absolute atomic E-state index is 0.0777. The first kappa shape index (κ1) is 26.0. The van der Waals surface area contributed by atoms with Crippen molar-refractivity contribution in [3.05, 3.63) is 46.5 Å². The zero-order valence-corrected chi connectivity index (χ0v) is 22.1. The Balaban J connectivity index is 1.55. The molecule has 2 bridgehead atoms. The van der Waals surface area contributed by atoms with Crippen LogP contribution in [-0.2, 0) is 14.6 Å². The van der Waals surface area contributed by atoms with Crippen molar-refractivity contribution in [2.24, 2.45) is 11.8 Å². The van der Waals surface area contributed by atoms with E-state index in [1.54, 1.807) is 50.8 Å². The SMILES string of the molecule is [C-]#[N+]c1ccc(Nc2ncnc(OC3C4CN(C(=O)OC(C)(C)C)CC3CS(=O)(=O)C4)c2C)c(Cl)c1. The van der Waals surface area contributed by atoms with Crippen LogP contribution in [0.5, 0.6) is 5.88 Å². The molecule has 36 heavy (non-hydrogen) atoms. The van der Waals surface area contributed by atoms with Gasteiger partial charge in [0.2, 0.25) is 5.88 Å². The van der Waals surface area contributed by atoms with Crippen molar-refractivity contribution in [3.8, 4) is 5.88 Å². The molecule has 2 unspecified atom stereocenters. The quantitative estimate of drug-likeness (QED) is 0.575. The van der Waals surface area contributed by atoms with Gasteiger partial charge in [-0.25, -0.2) is 28.0 Å². The highest BCUT2D eigenvalue weighted by Crippen LogP contribution is 2.36. The van der Waals surface area contributed by atoms with Crippen molar-refractivity contribution in [2.75, 3.05) is 29.9 Å². The Hall–Kier alpha value is -3.10. The summed E-state index contributed by atoms with van der Waals surface area (Å²) in [5.41, 5.74) is 0.976. The molecule has 0 spiro atoms. The molecular formula is C24H28ClN5O5S. The summed E-state index contributed by atoms with van der Waals surface area (Å²) in [6.45, 7) is 14.7. The van der Waals surface area contributed by atoms with Crippen LogP contribution < -0.4 is 10.1 Å². The Morgan fingerprint density at radius 3 is 2.47 bits per heavy atom. The highest BCUT2D eigenvalue weighted by Gasteiger charge is 2.48. The molecule has 2 fully saturated rings. The topological polar surface area (TPSA) is 115 Å². The Morgan fingerprint density at radius 2 is 1.89 bits per heavy atom. The van der Waals surface area contributed by atoms with Gasteiger partial charge in [-0.1, -0.05) is 17.7 Å². The van der Waals surface area contributed by atoms with Crippen molar-refractivity contribution >= 4 is 44.7 Å². The second-order valence-electron chi connectivity index (χ2n) is 10.1. The van der Waals surface area contributed by atoms with Crippen LogP contribution in [0, 0.1) is 25.3 Å². The largest absolute Gasteiger partial charge is 0.473 e. The van der Waals surface area contributed by atoms with E-state index in [0.29, 0.717) is 33.7 Å². The summed E-state index contributed by atoms with van der Waals surface area (Å²) in [5, 5.41) is 3.52. The molecule has 2 aromatic rings. The van der Waals surface area contributed by atoms with Gasteiger partial charge in [-0.05, 0) is 39.8 Å². The Bertz CT molecular complexity index is 1300. The van der Waals surface area contributed by atoms with Crippen LogP contribution in [-0.4, -0.2) is 65.7 Å². The average molecular weight is 534 g/mol. The van der Waals surface area contributed by atoms with Crippen molar-refractivity contribution in [1.82, 2.24) is 14.9 Å². The third-order valence-corrected chi connectivity index (χ3v) is 8.23. The maximum Gasteiger partial charge on any atom is 0.410 e. The number of nitrogens with zero attached hydrogens (tertiary/aromatic N) is 4. The summed E-state index contributed by atoms with van der Waals surface area (Å²) < 4.78 is 36.8. The lowest BCUT2D eigenvalue weighted by Crippen LogP contribution is -2.60. The summed E-state index contributed by atoms with van der Waals surface area (Å²) in [4.78, 5) is 26.2. The van der Waals surface area contributed by atoms with Crippen LogP contribution in [0.4, 0.5) is 22.0 Å². The minimum atomic E-state index is -3.26. The number of halogens is 1. The number of ether oxygens (including phenoxy) is 2. The first-order chi connectivity index (χ1) is 16.8. The molecule has 0 radical (unpaired) electrons. The number of nitrogens with one attached hydrogen (secondary N) is 1. The van der Waals surface area contributed by atoms with Crippen LogP contribution >= 0.6 is 11.6 Å². The summed E-state index contributed by atoms with van der Waals surface area (Å²) >= 11 is 6.30. The third-order valence-electron chi connectivity index (χ3n) is 6.05. The lowest BCUT2D eigenvalue weighted by Gasteiger charge is -2.46. The first-order valence-corrected chi connectivity index (χ1v) is 13.7. The van der Waals surface area contributed by atoms with Gasteiger partial charge >= 0.3 is 6.09 Å². The zero-order chi connectivity index (χ0) is 26.3. The Kier molecular flexibility index (Phi) is 7.03. The van der Waals surface area contributed by atoms with E-state index in [2.05, 4.69) is 20.1 Å². The van der Waals surface area contributed by atoms with Crippen LogP contribution in [0.3, 0.4) is 0 Å². The number of fused-ring (bicyclic) bond motifs is 2. The fourth-order valence-electron chi connectivity index (χ4n) is 4.53. The van der Waals surface area contributed by atoms with Crippen LogP contribution in [0.25, 0.3) is 4.85 Å². The van der Waals surface area contributed by atoms with Gasteiger partial charge in [-0.15, -0.1) is 0 Å². The van der Waals surface area contributed by atoms with Gasteiger partial charge in [-0.2, -0.15) is 0 Å². The smallest absolute Gasteiger partial charge is 0.410 e. The van der Waals surface area contributed by atoms with Gasteiger partial charge < -0.3 is 19.7 Å². The van der Waals surface area contributed by atoms with Gasteiger partial charge in [-0.3, -0.25) is 0 Å². The molecule has 1 aromatic carbocycles. The number of likely N-dealkylation sites (tertiary alicyclic amines) is 1. The van der Waals surface area contributed by atoms with Crippen molar-refractivity contribution in [1.29, 1.82) is 0 Å². The normalized spacial score (nSPS) is 22.9. The van der Waals surface area contributed by atoms with E-state index in [1.165, 1.54) is 6.33 Å². The van der Waals surface area contributed by atoms with E-state index >= 15 is 0 Å². The van der Waals surface area contributed by atoms with E-state index < -0.39 is 39.5 Å². The molecule has 4 rings (SSSR count). The van der Waals surface area contributed by atoms with E-state index in [9.17, 15) is 13.2 Å². The highest BCUT2D eigenvalue weighted by molar-refractivity contribution is 7.91. The first-order valence-electron chi connectivity index (χ1n) is 11.5. The lowest BCUT2D eigenvalue weighted by atomic mass is 9.87. The third kappa shape index (κ3) is 5.82. The molecule has 192 valence electrons. The van der Waals surface area contributed by atoms with Gasteiger partial charge in [0.15, 0.2) is 15.5 Å². The number of hydrogen-bond acceptors (Lipinski definition) is 8. The number of sulfone groups is 1. The number of benzene rings is 1. The molecule has 2 aliphatic rings. The monoisotopic (exact) mass is 533 g/mol. The van der Waals surface area contributed by atoms with E-state index in [4.69, 9.17) is 27.6 Å². The summed E-state index contributed by atoms with van der Waals surface area (Å²) in [7, 11) is -3.26. The predicted octanol–water partition coefficient (Wildman–Crippen LogP) is 4.39. The van der Waals surface area contributed by atoms with Gasteiger partial charge in [0, 0.05) is 24.9 Å². The zero-order valence-electron chi connectivity index (χ0n) is 20.5. The van der Waals surface area contributed by atoms with Crippen LogP contribution in [0.2, 0.25) is 5.02 Å². The second kappa shape index (κ2) is 9.75. The second-order valence-corrected chi connectivity index (χ2v) is 12.7. The molecular weight excluding hydrogens is 506 g/mol. The fraction of sp³-hybridized carbons (Fsp3) is 0.500. The molecule has 2 saturated heterocycles. The molecule has 1 amide bonds. The molecule has 2 aliphatic heterocycles. The number of piperidine rings is 1. The van der Waals surface area contributed by atoms with Gasteiger partial charge in [0.05, 0.1) is 34.4 Å². The van der Waals surface area contributed by atoms with Crippen molar-refractivity contribution in [3.63, 3.8) is 0 Å². The molecule has 3 heterocycles. The highest BCUT2D eigenvalue weighted by atomic mass is 35.5. The number of hydrogen-bond donors (Lipinski definition) is 1. The molecule has 0 saturated carbocycles. The molecule has 2 atom stereocenters. The van der Waals surface area contributed by atoms with Gasteiger partial charge in [0.25, 0.3) is 0 Å². The molecule has 0 aliphatic carbocycles. The summed E-state index contributed by atoms with van der Waals surface area (Å²) in [6, 6.07) is 4.90. The maximum absolute atomic E-state index is 12.7. The number of carbonyl (C=O) groups excluding carboxylic acids is 1. The summed E-state index contributed by atoms with van der Waals surface area (Å²) in [5.74, 6) is -0.196. The van der Waals surface area contributed by atoms with E-state index in [1.807, 2.05) is 0 Å². The molecule has 10 nitrogen and oxygen atoms in total. The fourth-order valence-corrected chi connectivity index (χ4v) is 6.78. The van der Waals surface area contributed by atoms with Gasteiger partial charge in [0.1, 0.15) is 23.9 Å². The van der Waals surface area contributed by atoms with Crippen molar-refractivity contribution in [2.45, 2.75) is 39.4 Å². The number of amides is 1. The van der Waals surface area contributed by atoms with E-state index in [0.717, 1.165) is 0 Å². The lowest BCUT2D eigenvalue weighted by molar-refractivity contribution is -0.0214. The maximum atomic E-state index is 12.7. The molecule has 1 aromatic heterocycles. The molecule has 12 heteroatoms. The molecule has 1 N–H and O–H groups in total. The number of anilines is 2. The minimum Gasteiger partial charge on any atom is -0.473 e.